The fourth-order valence-electron chi connectivity index (χ4n) is 2.66. The van der Waals surface area contributed by atoms with Crippen LogP contribution in [0, 0.1) is 0 Å². The maximum atomic E-state index is 10.1. The summed E-state index contributed by atoms with van der Waals surface area (Å²) in [6, 6.07) is 10.1. The predicted molar refractivity (Wildman–Crippen MR) is 75.4 cm³/mol. The molecule has 94 valence electrons. The van der Waals surface area contributed by atoms with Gasteiger partial charge in [0.15, 0.2) is 0 Å². The van der Waals surface area contributed by atoms with E-state index in [1.807, 2.05) is 24.3 Å². The topological polar surface area (TPSA) is 32.3 Å². The van der Waals surface area contributed by atoms with E-state index in [-0.39, 0.29) is 0 Å². The molecular weight excluding hydrogens is 246 g/mol. The molecule has 1 atom stereocenters. The van der Waals surface area contributed by atoms with Crippen molar-refractivity contribution in [3.8, 4) is 5.75 Å². The molecule has 2 N–H and O–H groups in total. The second kappa shape index (κ2) is 4.79. The minimum absolute atomic E-state index is 0.388. The van der Waals surface area contributed by atoms with Crippen molar-refractivity contribution in [2.24, 2.45) is 0 Å². The van der Waals surface area contributed by atoms with Gasteiger partial charge in [0.1, 0.15) is 5.75 Å². The van der Waals surface area contributed by atoms with Crippen LogP contribution in [0.1, 0.15) is 18.4 Å². The highest BCUT2D eigenvalue weighted by Gasteiger charge is 2.16. The lowest BCUT2D eigenvalue weighted by Gasteiger charge is -2.12. The highest BCUT2D eigenvalue weighted by Crippen LogP contribution is 2.28. The van der Waals surface area contributed by atoms with Crippen LogP contribution in [0.5, 0.6) is 5.75 Å². The molecule has 1 fully saturated rings. The summed E-state index contributed by atoms with van der Waals surface area (Å²) in [4.78, 5) is 0. The average molecular weight is 262 g/mol. The maximum absolute atomic E-state index is 10.1. The number of benzene rings is 2. The molecule has 0 aromatic heterocycles. The Labute approximate surface area is 112 Å². The molecule has 1 heterocycles. The molecule has 0 bridgehead atoms. The zero-order chi connectivity index (χ0) is 12.5. The first-order valence-electron chi connectivity index (χ1n) is 6.37. The van der Waals surface area contributed by atoms with Crippen molar-refractivity contribution in [3.63, 3.8) is 0 Å². The zero-order valence-electron chi connectivity index (χ0n) is 10.1. The van der Waals surface area contributed by atoms with Gasteiger partial charge in [0.05, 0.1) is 0 Å². The van der Waals surface area contributed by atoms with Gasteiger partial charge in [-0.2, -0.15) is 0 Å². The lowest BCUT2D eigenvalue weighted by atomic mass is 10.00. The van der Waals surface area contributed by atoms with E-state index in [4.69, 9.17) is 11.6 Å². The molecule has 1 aliphatic rings. The van der Waals surface area contributed by atoms with E-state index >= 15 is 0 Å². The SMILES string of the molecule is Oc1cc2ccc(Cl)cc2cc1CC1CCCN1. The molecule has 3 rings (SSSR count). The van der Waals surface area contributed by atoms with Gasteiger partial charge in [-0.15, -0.1) is 0 Å². The van der Waals surface area contributed by atoms with Crippen LogP contribution in [-0.4, -0.2) is 17.7 Å². The van der Waals surface area contributed by atoms with Crippen molar-refractivity contribution in [2.45, 2.75) is 25.3 Å². The lowest BCUT2D eigenvalue weighted by Crippen LogP contribution is -2.23. The van der Waals surface area contributed by atoms with Crippen LogP contribution in [0.2, 0.25) is 5.02 Å². The van der Waals surface area contributed by atoms with Crippen LogP contribution < -0.4 is 5.32 Å². The molecule has 0 amide bonds. The fraction of sp³-hybridized carbons (Fsp3) is 0.333. The minimum atomic E-state index is 0.388. The van der Waals surface area contributed by atoms with E-state index in [2.05, 4.69) is 11.4 Å². The van der Waals surface area contributed by atoms with Gasteiger partial charge in [-0.3, -0.25) is 0 Å². The van der Waals surface area contributed by atoms with E-state index in [0.717, 1.165) is 34.3 Å². The third-order valence-corrected chi connectivity index (χ3v) is 3.86. The Hall–Kier alpha value is -1.25. The summed E-state index contributed by atoms with van der Waals surface area (Å²) in [6.45, 7) is 1.09. The van der Waals surface area contributed by atoms with Crippen molar-refractivity contribution < 1.29 is 5.11 Å². The quantitative estimate of drug-likeness (QED) is 0.867. The van der Waals surface area contributed by atoms with Crippen molar-refractivity contribution in [2.75, 3.05) is 6.54 Å². The summed E-state index contributed by atoms with van der Waals surface area (Å²) in [5, 5.41) is 16.4. The monoisotopic (exact) mass is 261 g/mol. The average Bonchev–Trinajstić information content (AvgIpc) is 2.83. The number of rotatable bonds is 2. The molecular formula is C15H16ClNO. The van der Waals surface area contributed by atoms with Gasteiger partial charge in [-0.25, -0.2) is 0 Å². The van der Waals surface area contributed by atoms with Crippen molar-refractivity contribution in [1.29, 1.82) is 0 Å². The van der Waals surface area contributed by atoms with Crippen molar-refractivity contribution in [1.82, 2.24) is 5.32 Å². The second-order valence-electron chi connectivity index (χ2n) is 4.97. The molecule has 18 heavy (non-hydrogen) atoms. The molecule has 0 radical (unpaired) electrons. The van der Waals surface area contributed by atoms with Crippen molar-refractivity contribution in [3.05, 3.63) is 40.9 Å². The smallest absolute Gasteiger partial charge is 0.119 e. The Morgan fingerprint density at radius 1 is 1.22 bits per heavy atom. The number of hydrogen-bond donors (Lipinski definition) is 2. The highest BCUT2D eigenvalue weighted by molar-refractivity contribution is 6.31. The Morgan fingerprint density at radius 2 is 2.11 bits per heavy atom. The Bertz CT molecular complexity index is 576. The van der Waals surface area contributed by atoms with Gasteiger partial charge in [-0.05, 0) is 66.4 Å². The summed E-state index contributed by atoms with van der Waals surface area (Å²) in [5.74, 6) is 0.388. The summed E-state index contributed by atoms with van der Waals surface area (Å²) in [7, 11) is 0. The molecule has 2 aromatic rings. The number of phenolic OH excluding ortho intramolecular Hbond substituents is 1. The fourth-order valence-corrected chi connectivity index (χ4v) is 2.84. The van der Waals surface area contributed by atoms with Crippen LogP contribution >= 0.6 is 11.6 Å². The van der Waals surface area contributed by atoms with Crippen LogP contribution in [0.15, 0.2) is 30.3 Å². The Morgan fingerprint density at radius 3 is 2.89 bits per heavy atom. The third-order valence-electron chi connectivity index (χ3n) is 3.63. The van der Waals surface area contributed by atoms with E-state index in [0.29, 0.717) is 11.8 Å². The molecule has 1 saturated heterocycles. The normalized spacial score (nSPS) is 19.5. The molecule has 3 heteroatoms. The molecule has 0 aliphatic carbocycles. The van der Waals surface area contributed by atoms with E-state index < -0.39 is 0 Å². The minimum Gasteiger partial charge on any atom is -0.508 e. The van der Waals surface area contributed by atoms with Crippen LogP contribution in [-0.2, 0) is 6.42 Å². The van der Waals surface area contributed by atoms with Gasteiger partial charge in [-0.1, -0.05) is 17.7 Å². The number of phenols is 1. The third kappa shape index (κ3) is 2.31. The molecule has 2 nitrogen and oxygen atoms in total. The molecule has 2 aromatic carbocycles. The molecule has 0 spiro atoms. The van der Waals surface area contributed by atoms with Gasteiger partial charge < -0.3 is 10.4 Å². The molecule has 0 saturated carbocycles. The van der Waals surface area contributed by atoms with E-state index in [9.17, 15) is 5.11 Å². The predicted octanol–water partition coefficient (Wildman–Crippen LogP) is 3.49. The van der Waals surface area contributed by atoms with Crippen LogP contribution in [0.4, 0.5) is 0 Å². The number of halogens is 1. The number of aromatic hydroxyl groups is 1. The van der Waals surface area contributed by atoms with E-state index in [1.165, 1.54) is 12.8 Å². The van der Waals surface area contributed by atoms with Gasteiger partial charge >= 0.3 is 0 Å². The van der Waals surface area contributed by atoms with Gasteiger partial charge in [0.25, 0.3) is 0 Å². The van der Waals surface area contributed by atoms with Crippen molar-refractivity contribution >= 4 is 22.4 Å². The summed E-state index contributed by atoms with van der Waals surface area (Å²) in [6.07, 6.45) is 3.30. The Kier molecular flexibility index (Phi) is 3.14. The van der Waals surface area contributed by atoms with Gasteiger partial charge in [0, 0.05) is 11.1 Å². The number of nitrogens with one attached hydrogen (secondary N) is 1. The Balaban J connectivity index is 1.97. The second-order valence-corrected chi connectivity index (χ2v) is 5.41. The zero-order valence-corrected chi connectivity index (χ0v) is 10.9. The van der Waals surface area contributed by atoms with E-state index in [1.54, 1.807) is 0 Å². The molecule has 1 aliphatic heterocycles. The maximum Gasteiger partial charge on any atom is 0.119 e. The van der Waals surface area contributed by atoms with Crippen LogP contribution in [0.25, 0.3) is 10.8 Å². The standard InChI is InChI=1S/C15H16ClNO/c16-13-4-3-10-9-15(18)12(6-11(10)7-13)8-14-2-1-5-17-14/h3-4,6-7,9,14,17-18H,1-2,5,8H2. The first kappa shape index (κ1) is 11.8. The van der Waals surface area contributed by atoms with Gasteiger partial charge in [0.2, 0.25) is 0 Å². The largest absolute Gasteiger partial charge is 0.508 e. The summed E-state index contributed by atoms with van der Waals surface area (Å²) >= 11 is 6.01. The number of fused-ring (bicyclic) bond motifs is 1. The first-order valence-corrected chi connectivity index (χ1v) is 6.75. The lowest BCUT2D eigenvalue weighted by molar-refractivity contribution is 0.463. The molecule has 1 unspecified atom stereocenters. The number of hydrogen-bond acceptors (Lipinski definition) is 2. The summed E-state index contributed by atoms with van der Waals surface area (Å²) < 4.78 is 0. The first-order chi connectivity index (χ1) is 8.72. The highest BCUT2D eigenvalue weighted by atomic mass is 35.5. The summed E-state index contributed by atoms with van der Waals surface area (Å²) in [5.41, 5.74) is 1.00. The van der Waals surface area contributed by atoms with Crippen LogP contribution in [0.3, 0.4) is 0 Å².